The van der Waals surface area contributed by atoms with Gasteiger partial charge in [0.05, 0.1) is 5.41 Å². The molecule has 0 aromatic heterocycles. The summed E-state index contributed by atoms with van der Waals surface area (Å²) in [6.07, 6.45) is 4.86. The fourth-order valence-corrected chi connectivity index (χ4v) is 7.52. The maximum Gasteiger partial charge on any atom is 0.246 e. The van der Waals surface area contributed by atoms with Gasteiger partial charge in [-0.1, -0.05) is 91.0 Å². The lowest BCUT2D eigenvalue weighted by Gasteiger charge is -2.38. The topological polar surface area (TPSA) is 86.9 Å². The van der Waals surface area contributed by atoms with Gasteiger partial charge in [-0.15, -0.1) is 0 Å². The van der Waals surface area contributed by atoms with Gasteiger partial charge in [0.2, 0.25) is 17.7 Å². The normalized spacial score (nSPS) is 22.5. The van der Waals surface area contributed by atoms with Crippen LogP contribution in [-0.4, -0.2) is 76.7 Å². The van der Waals surface area contributed by atoms with Gasteiger partial charge in [0.25, 0.3) is 0 Å². The zero-order chi connectivity index (χ0) is 29.8. The summed E-state index contributed by atoms with van der Waals surface area (Å²) >= 11 is 0. The quantitative estimate of drug-likeness (QED) is 0.423. The van der Waals surface area contributed by atoms with E-state index in [1.54, 1.807) is 9.80 Å². The van der Waals surface area contributed by atoms with Crippen LogP contribution >= 0.6 is 0 Å². The molecule has 0 saturated carbocycles. The second-order valence-corrected chi connectivity index (χ2v) is 12.3. The third-order valence-electron chi connectivity index (χ3n) is 9.66. The maximum atomic E-state index is 14.5. The molecule has 7 nitrogen and oxygen atoms in total. The molecule has 3 aromatic rings. The number of benzene rings is 3. The van der Waals surface area contributed by atoms with Crippen molar-refractivity contribution in [1.29, 1.82) is 0 Å². The van der Waals surface area contributed by atoms with Crippen LogP contribution in [0.25, 0.3) is 0 Å². The molecule has 2 N–H and O–H groups in total. The molecule has 0 radical (unpaired) electrons. The van der Waals surface area contributed by atoms with E-state index in [1.807, 2.05) is 59.5 Å². The number of piperidine rings is 1. The highest BCUT2D eigenvalue weighted by Crippen LogP contribution is 2.43. The fraction of sp³-hybridized carbons (Fsp3) is 0.417. The second kappa shape index (κ2) is 12.7. The number of carbonyl (C=O) groups is 3. The molecule has 224 valence electrons. The Balaban J connectivity index is 1.29. The molecule has 43 heavy (non-hydrogen) atoms. The summed E-state index contributed by atoms with van der Waals surface area (Å²) in [5, 5.41) is 0. The van der Waals surface area contributed by atoms with E-state index in [4.69, 9.17) is 5.73 Å². The minimum absolute atomic E-state index is 0.00752. The van der Waals surface area contributed by atoms with Gasteiger partial charge in [-0.2, -0.15) is 0 Å². The average molecular weight is 579 g/mol. The molecule has 3 aliphatic rings. The van der Waals surface area contributed by atoms with Crippen molar-refractivity contribution in [3.05, 3.63) is 108 Å². The third kappa shape index (κ3) is 5.70. The molecule has 1 unspecified atom stereocenters. The van der Waals surface area contributed by atoms with Crippen LogP contribution in [0.15, 0.2) is 91.0 Å². The van der Waals surface area contributed by atoms with Crippen LogP contribution in [0.2, 0.25) is 0 Å². The average Bonchev–Trinajstić information content (AvgIpc) is 3.75. The minimum atomic E-state index is -0.726. The summed E-state index contributed by atoms with van der Waals surface area (Å²) in [5.74, 6) is -0.127. The second-order valence-electron chi connectivity index (χ2n) is 12.3. The lowest BCUT2D eigenvalue weighted by Crippen LogP contribution is -2.56. The van der Waals surface area contributed by atoms with Crippen molar-refractivity contribution in [2.45, 2.75) is 68.5 Å². The highest BCUT2D eigenvalue weighted by Gasteiger charge is 2.46. The van der Waals surface area contributed by atoms with Crippen molar-refractivity contribution in [2.75, 3.05) is 26.2 Å². The van der Waals surface area contributed by atoms with Crippen LogP contribution in [0.5, 0.6) is 0 Å². The molecule has 0 spiro atoms. The molecular weight excluding hydrogens is 536 g/mol. The Morgan fingerprint density at radius 3 is 1.60 bits per heavy atom. The summed E-state index contributed by atoms with van der Waals surface area (Å²) in [6.45, 7) is 2.33. The first-order valence-corrected chi connectivity index (χ1v) is 15.8. The van der Waals surface area contributed by atoms with Gasteiger partial charge in [-0.25, -0.2) is 0 Å². The minimum Gasteiger partial charge on any atom is -0.339 e. The maximum absolute atomic E-state index is 14.5. The molecule has 3 aromatic carbocycles. The fourth-order valence-electron chi connectivity index (χ4n) is 7.52. The predicted molar refractivity (Wildman–Crippen MR) is 167 cm³/mol. The Morgan fingerprint density at radius 1 is 0.628 bits per heavy atom. The molecule has 7 heteroatoms. The van der Waals surface area contributed by atoms with Crippen LogP contribution in [-0.2, 0) is 19.8 Å². The highest BCUT2D eigenvalue weighted by molar-refractivity contribution is 5.93. The predicted octanol–water partition coefficient (Wildman–Crippen LogP) is 4.34. The molecular formula is C36H42N4O3. The van der Waals surface area contributed by atoms with Crippen LogP contribution in [0.3, 0.4) is 0 Å². The van der Waals surface area contributed by atoms with Gasteiger partial charge in [0.1, 0.15) is 12.1 Å². The number of nitrogens with zero attached hydrogens (tertiary/aromatic N) is 3. The molecule has 0 aliphatic carbocycles. The first-order valence-electron chi connectivity index (χ1n) is 15.8. The Bertz CT molecular complexity index is 1320. The summed E-state index contributed by atoms with van der Waals surface area (Å²) in [4.78, 5) is 47.6. The Labute approximate surface area is 254 Å². The van der Waals surface area contributed by atoms with Gasteiger partial charge in [-0.05, 0) is 55.2 Å². The van der Waals surface area contributed by atoms with Crippen LogP contribution in [0, 0.1) is 0 Å². The molecule has 3 atom stereocenters. The largest absolute Gasteiger partial charge is 0.339 e. The van der Waals surface area contributed by atoms with Crippen molar-refractivity contribution >= 4 is 17.7 Å². The van der Waals surface area contributed by atoms with Gasteiger partial charge in [0, 0.05) is 38.6 Å². The van der Waals surface area contributed by atoms with E-state index in [0.717, 1.165) is 42.4 Å². The van der Waals surface area contributed by atoms with E-state index >= 15 is 0 Å². The van der Waals surface area contributed by atoms with E-state index in [-0.39, 0.29) is 30.2 Å². The Hall–Kier alpha value is -3.97. The van der Waals surface area contributed by atoms with Crippen LogP contribution < -0.4 is 5.73 Å². The lowest BCUT2D eigenvalue weighted by molar-refractivity contribution is -0.149. The van der Waals surface area contributed by atoms with Crippen molar-refractivity contribution < 1.29 is 14.4 Å². The van der Waals surface area contributed by atoms with Crippen molar-refractivity contribution in [1.82, 2.24) is 14.7 Å². The monoisotopic (exact) mass is 578 g/mol. The molecule has 0 bridgehead atoms. The zero-order valence-electron chi connectivity index (χ0n) is 24.8. The third-order valence-corrected chi connectivity index (χ3v) is 9.66. The number of hydrogen-bond donors (Lipinski definition) is 1. The number of nitrogens with two attached hydrogens (primary N) is 1. The van der Waals surface area contributed by atoms with Crippen molar-refractivity contribution in [3.63, 3.8) is 0 Å². The molecule has 3 fully saturated rings. The van der Waals surface area contributed by atoms with Gasteiger partial charge >= 0.3 is 0 Å². The molecule has 3 amide bonds. The van der Waals surface area contributed by atoms with Crippen LogP contribution in [0.1, 0.15) is 61.6 Å². The summed E-state index contributed by atoms with van der Waals surface area (Å²) in [6, 6.07) is 29.6. The number of likely N-dealkylation sites (tertiary alicyclic amines) is 3. The number of carbonyl (C=O) groups excluding carboxylic acids is 3. The summed E-state index contributed by atoms with van der Waals surface area (Å²) < 4.78 is 0. The van der Waals surface area contributed by atoms with E-state index in [2.05, 4.69) is 36.4 Å². The van der Waals surface area contributed by atoms with Crippen molar-refractivity contribution in [3.8, 4) is 0 Å². The Morgan fingerprint density at radius 2 is 1.09 bits per heavy atom. The standard InChI is InChI=1S/C36H42N4O3/c37-30-19-10-22-38(26-30)34(42)31-20-12-24-40(31)35(43)32-21-11-23-39(32)33(41)25-36(27-13-4-1-5-14-27,28-15-6-2-7-16-28)29-17-8-3-9-18-29/h1-9,13-18,30-32H,10-12,19-26,37H2/t30?,31-,32+/m1/s1. The van der Waals surface area contributed by atoms with Crippen LogP contribution in [0.4, 0.5) is 0 Å². The van der Waals surface area contributed by atoms with Gasteiger partial charge < -0.3 is 20.4 Å². The first kappa shape index (κ1) is 29.1. The molecule has 3 heterocycles. The smallest absolute Gasteiger partial charge is 0.246 e. The van der Waals surface area contributed by atoms with E-state index in [9.17, 15) is 14.4 Å². The van der Waals surface area contributed by atoms with E-state index in [1.165, 1.54) is 0 Å². The van der Waals surface area contributed by atoms with E-state index < -0.39 is 17.5 Å². The molecule has 6 rings (SSSR count). The SMILES string of the molecule is NC1CCCN(C(=O)[C@H]2CCCN2C(=O)[C@@H]2CCCN2C(=O)CC(c2ccccc2)(c2ccccc2)c2ccccc2)C1. The lowest BCUT2D eigenvalue weighted by atomic mass is 9.67. The highest BCUT2D eigenvalue weighted by atomic mass is 16.2. The molecule has 3 saturated heterocycles. The van der Waals surface area contributed by atoms with E-state index in [0.29, 0.717) is 39.0 Å². The summed E-state index contributed by atoms with van der Waals surface area (Å²) in [5.41, 5.74) is 8.54. The van der Waals surface area contributed by atoms with Gasteiger partial charge in [-0.3, -0.25) is 14.4 Å². The number of rotatable bonds is 7. The number of hydrogen-bond acceptors (Lipinski definition) is 4. The number of amides is 3. The molecule has 3 aliphatic heterocycles. The first-order chi connectivity index (χ1) is 21.0. The Kier molecular flexibility index (Phi) is 8.61. The van der Waals surface area contributed by atoms with Crippen molar-refractivity contribution in [2.24, 2.45) is 5.73 Å². The summed E-state index contributed by atoms with van der Waals surface area (Å²) in [7, 11) is 0. The van der Waals surface area contributed by atoms with Gasteiger partial charge in [0.15, 0.2) is 0 Å². The zero-order valence-corrected chi connectivity index (χ0v) is 24.8.